The van der Waals surface area contributed by atoms with E-state index in [1.165, 1.54) is 0 Å². The van der Waals surface area contributed by atoms with Crippen LogP contribution in [0.3, 0.4) is 0 Å². The van der Waals surface area contributed by atoms with Crippen molar-refractivity contribution in [2.45, 2.75) is 0 Å². The molecule has 1 aliphatic heterocycles. The van der Waals surface area contributed by atoms with Gasteiger partial charge in [0.1, 0.15) is 11.5 Å². The SMILES string of the molecule is COc1ccc(-c2nc3ccc(C(=O)NCCN4CCOCC4)cc3nc2-c2ccc(OC)cc2)cc1. The molecule has 1 aromatic heterocycles. The molecule has 1 fully saturated rings. The second kappa shape index (κ2) is 11.4. The second-order valence-electron chi connectivity index (χ2n) is 8.79. The number of carbonyl (C=O) groups is 1. The molecular weight excluding hydrogens is 468 g/mol. The number of aromatic nitrogens is 2. The second-order valence-corrected chi connectivity index (χ2v) is 8.79. The Balaban J connectivity index is 1.46. The van der Waals surface area contributed by atoms with Crippen molar-refractivity contribution in [1.29, 1.82) is 0 Å². The van der Waals surface area contributed by atoms with Crippen LogP contribution in [-0.2, 0) is 4.74 Å². The third-order valence-corrected chi connectivity index (χ3v) is 6.47. The number of amides is 1. The Morgan fingerprint density at radius 1 is 0.838 bits per heavy atom. The number of carbonyl (C=O) groups excluding carboxylic acids is 1. The van der Waals surface area contributed by atoms with Gasteiger partial charge in [-0.1, -0.05) is 0 Å². The molecule has 1 N–H and O–H groups in total. The van der Waals surface area contributed by atoms with Crippen LogP contribution in [-0.4, -0.2) is 74.4 Å². The Labute approximate surface area is 216 Å². The zero-order chi connectivity index (χ0) is 25.6. The monoisotopic (exact) mass is 498 g/mol. The van der Waals surface area contributed by atoms with Crippen LogP contribution in [0.5, 0.6) is 11.5 Å². The predicted octanol–water partition coefficient (Wildman–Crippen LogP) is 4.04. The van der Waals surface area contributed by atoms with Crippen LogP contribution in [0.2, 0.25) is 0 Å². The minimum absolute atomic E-state index is 0.123. The van der Waals surface area contributed by atoms with E-state index < -0.39 is 0 Å². The van der Waals surface area contributed by atoms with Crippen molar-refractivity contribution in [3.05, 3.63) is 72.3 Å². The zero-order valence-corrected chi connectivity index (χ0v) is 21.1. The van der Waals surface area contributed by atoms with Gasteiger partial charge in [-0.25, -0.2) is 9.97 Å². The summed E-state index contributed by atoms with van der Waals surface area (Å²) < 4.78 is 16.0. The molecule has 1 saturated heterocycles. The topological polar surface area (TPSA) is 85.8 Å². The molecule has 2 heterocycles. The van der Waals surface area contributed by atoms with Crippen molar-refractivity contribution < 1.29 is 19.0 Å². The van der Waals surface area contributed by atoms with Crippen molar-refractivity contribution in [3.63, 3.8) is 0 Å². The van der Waals surface area contributed by atoms with Crippen LogP contribution in [0.25, 0.3) is 33.5 Å². The molecule has 190 valence electrons. The molecule has 5 rings (SSSR count). The Morgan fingerprint density at radius 3 is 1.97 bits per heavy atom. The van der Waals surface area contributed by atoms with Gasteiger partial charge in [0.25, 0.3) is 5.91 Å². The molecule has 3 aromatic carbocycles. The first-order valence-electron chi connectivity index (χ1n) is 12.3. The number of hydrogen-bond acceptors (Lipinski definition) is 7. The number of morpholine rings is 1. The van der Waals surface area contributed by atoms with E-state index in [1.54, 1.807) is 26.4 Å². The van der Waals surface area contributed by atoms with E-state index in [0.717, 1.165) is 66.9 Å². The number of hydrogen-bond donors (Lipinski definition) is 1. The smallest absolute Gasteiger partial charge is 0.251 e. The fourth-order valence-electron chi connectivity index (χ4n) is 4.35. The summed E-state index contributed by atoms with van der Waals surface area (Å²) in [5.41, 5.74) is 5.24. The van der Waals surface area contributed by atoms with Gasteiger partial charge < -0.3 is 19.5 Å². The van der Waals surface area contributed by atoms with Crippen LogP contribution < -0.4 is 14.8 Å². The summed E-state index contributed by atoms with van der Waals surface area (Å²) in [6, 6.07) is 20.9. The minimum atomic E-state index is -0.123. The molecule has 1 aliphatic rings. The van der Waals surface area contributed by atoms with Gasteiger partial charge in [-0.15, -0.1) is 0 Å². The number of rotatable bonds is 8. The summed E-state index contributed by atoms with van der Waals surface area (Å²) in [7, 11) is 3.28. The van der Waals surface area contributed by atoms with E-state index in [-0.39, 0.29) is 5.91 Å². The summed E-state index contributed by atoms with van der Waals surface area (Å²) in [4.78, 5) is 25.1. The maximum absolute atomic E-state index is 12.9. The summed E-state index contributed by atoms with van der Waals surface area (Å²) in [6.45, 7) is 4.66. The normalized spacial score (nSPS) is 13.9. The van der Waals surface area contributed by atoms with Crippen molar-refractivity contribution >= 4 is 16.9 Å². The third-order valence-electron chi connectivity index (χ3n) is 6.47. The van der Waals surface area contributed by atoms with E-state index in [2.05, 4.69) is 10.2 Å². The molecule has 0 atom stereocenters. The zero-order valence-electron chi connectivity index (χ0n) is 21.1. The van der Waals surface area contributed by atoms with Crippen molar-refractivity contribution in [1.82, 2.24) is 20.2 Å². The van der Waals surface area contributed by atoms with Crippen molar-refractivity contribution in [3.8, 4) is 34.0 Å². The average molecular weight is 499 g/mol. The summed E-state index contributed by atoms with van der Waals surface area (Å²) >= 11 is 0. The highest BCUT2D eigenvalue weighted by atomic mass is 16.5. The molecular formula is C29H30N4O4. The fraction of sp³-hybridized carbons (Fsp3) is 0.276. The predicted molar refractivity (Wildman–Crippen MR) is 143 cm³/mol. The number of fused-ring (bicyclic) bond motifs is 1. The molecule has 0 bridgehead atoms. The van der Waals surface area contributed by atoms with Crippen LogP contribution in [0.15, 0.2) is 66.7 Å². The summed E-state index contributed by atoms with van der Waals surface area (Å²) in [5.74, 6) is 1.41. The lowest BCUT2D eigenvalue weighted by atomic mass is 10.0. The first kappa shape index (κ1) is 24.7. The van der Waals surface area contributed by atoms with E-state index in [1.807, 2.05) is 54.6 Å². The molecule has 4 aromatic rings. The van der Waals surface area contributed by atoms with E-state index in [4.69, 9.17) is 24.2 Å². The molecule has 8 heteroatoms. The van der Waals surface area contributed by atoms with Crippen LogP contribution >= 0.6 is 0 Å². The van der Waals surface area contributed by atoms with Gasteiger partial charge in [-0.05, 0) is 66.7 Å². The van der Waals surface area contributed by atoms with Gasteiger partial charge in [0, 0.05) is 42.9 Å². The Morgan fingerprint density at radius 2 is 1.41 bits per heavy atom. The minimum Gasteiger partial charge on any atom is -0.497 e. The molecule has 1 amide bonds. The van der Waals surface area contributed by atoms with Crippen molar-refractivity contribution in [2.75, 3.05) is 53.6 Å². The molecule has 0 aliphatic carbocycles. The highest BCUT2D eigenvalue weighted by Gasteiger charge is 2.16. The van der Waals surface area contributed by atoms with Crippen molar-refractivity contribution in [2.24, 2.45) is 0 Å². The first-order valence-corrected chi connectivity index (χ1v) is 12.3. The number of nitrogens with one attached hydrogen (secondary N) is 1. The van der Waals surface area contributed by atoms with Gasteiger partial charge >= 0.3 is 0 Å². The number of methoxy groups -OCH3 is 2. The standard InChI is InChI=1S/C29H30N4O4/c1-35-23-8-3-20(4-9-23)27-28(21-5-10-24(36-2)11-6-21)32-26-19-22(7-12-25(26)31-27)29(34)30-13-14-33-15-17-37-18-16-33/h3-12,19H,13-18H2,1-2H3,(H,30,34). The molecule has 0 radical (unpaired) electrons. The Kier molecular flexibility index (Phi) is 7.58. The summed E-state index contributed by atoms with van der Waals surface area (Å²) in [5, 5.41) is 3.02. The van der Waals surface area contributed by atoms with E-state index in [9.17, 15) is 4.79 Å². The highest BCUT2D eigenvalue weighted by Crippen LogP contribution is 2.33. The number of ether oxygens (including phenoxy) is 3. The molecule has 37 heavy (non-hydrogen) atoms. The van der Waals surface area contributed by atoms with Gasteiger partial charge in [0.05, 0.1) is 49.9 Å². The van der Waals surface area contributed by atoms with Gasteiger partial charge in [0.2, 0.25) is 0 Å². The first-order chi connectivity index (χ1) is 18.1. The lowest BCUT2D eigenvalue weighted by Gasteiger charge is -2.26. The number of benzene rings is 3. The maximum atomic E-state index is 12.9. The molecule has 0 unspecified atom stereocenters. The molecule has 0 saturated carbocycles. The largest absolute Gasteiger partial charge is 0.497 e. The molecule has 8 nitrogen and oxygen atoms in total. The van der Waals surface area contributed by atoms with Crippen LogP contribution in [0, 0.1) is 0 Å². The Bertz CT molecular complexity index is 1370. The van der Waals surface area contributed by atoms with Gasteiger partial charge in [-0.3, -0.25) is 9.69 Å². The summed E-state index contributed by atoms with van der Waals surface area (Å²) in [6.07, 6.45) is 0. The Hall–Kier alpha value is -4.01. The number of nitrogens with zero attached hydrogens (tertiary/aromatic N) is 3. The van der Waals surface area contributed by atoms with E-state index >= 15 is 0 Å². The van der Waals surface area contributed by atoms with Gasteiger partial charge in [-0.2, -0.15) is 0 Å². The van der Waals surface area contributed by atoms with Crippen LogP contribution in [0.1, 0.15) is 10.4 Å². The van der Waals surface area contributed by atoms with E-state index in [0.29, 0.717) is 23.1 Å². The van der Waals surface area contributed by atoms with Gasteiger partial charge in [0.15, 0.2) is 0 Å². The quantitative estimate of drug-likeness (QED) is 0.392. The maximum Gasteiger partial charge on any atom is 0.251 e. The third kappa shape index (κ3) is 5.71. The average Bonchev–Trinajstić information content (AvgIpc) is 2.97. The fourth-order valence-corrected chi connectivity index (χ4v) is 4.35. The van der Waals surface area contributed by atoms with Crippen LogP contribution in [0.4, 0.5) is 0 Å². The molecule has 0 spiro atoms. The highest BCUT2D eigenvalue weighted by molar-refractivity contribution is 5.98. The lowest BCUT2D eigenvalue weighted by molar-refractivity contribution is 0.0383. The lowest BCUT2D eigenvalue weighted by Crippen LogP contribution is -2.41.